The molecule has 0 spiro atoms. The summed E-state index contributed by atoms with van der Waals surface area (Å²) >= 11 is 5.89. The van der Waals surface area contributed by atoms with Gasteiger partial charge in [0.2, 0.25) is 0 Å². The molecule has 5 nitrogen and oxygen atoms in total. The van der Waals surface area contributed by atoms with Crippen LogP contribution in [0.4, 0.5) is 5.82 Å². The van der Waals surface area contributed by atoms with E-state index in [0.717, 1.165) is 18.5 Å². The van der Waals surface area contributed by atoms with Gasteiger partial charge in [-0.05, 0) is 12.5 Å². The Morgan fingerprint density at radius 3 is 2.94 bits per heavy atom. The van der Waals surface area contributed by atoms with E-state index in [2.05, 4.69) is 4.98 Å². The topological polar surface area (TPSA) is 80.6 Å². The summed E-state index contributed by atoms with van der Waals surface area (Å²) in [7, 11) is 0. The highest BCUT2D eigenvalue weighted by Crippen LogP contribution is 2.24. The Labute approximate surface area is 103 Å². The lowest BCUT2D eigenvalue weighted by molar-refractivity contribution is 0.0698. The maximum Gasteiger partial charge on any atom is 0.339 e. The predicted octanol–water partition coefficient (Wildman–Crippen LogP) is 2.22. The first-order valence-electron chi connectivity index (χ1n) is 5.23. The first kappa shape index (κ1) is 11.7. The van der Waals surface area contributed by atoms with Gasteiger partial charge < -0.3 is 10.8 Å². The minimum atomic E-state index is -1.06. The number of aryl methyl sites for hydroxylation is 1. The number of fused-ring (bicyclic) bond motifs is 1. The number of hydrogen-bond acceptors (Lipinski definition) is 3. The van der Waals surface area contributed by atoms with Crippen molar-refractivity contribution >= 4 is 29.0 Å². The van der Waals surface area contributed by atoms with Gasteiger partial charge in [-0.25, -0.2) is 9.78 Å². The molecule has 2 heterocycles. The molecule has 2 aromatic rings. The highest BCUT2D eigenvalue weighted by molar-refractivity contribution is 6.33. The van der Waals surface area contributed by atoms with E-state index in [1.165, 1.54) is 10.5 Å². The Hall–Kier alpha value is -1.75. The normalized spacial score (nSPS) is 10.9. The Morgan fingerprint density at radius 1 is 1.65 bits per heavy atom. The third-order valence-corrected chi connectivity index (χ3v) is 2.81. The van der Waals surface area contributed by atoms with Crippen LogP contribution in [0.2, 0.25) is 5.02 Å². The van der Waals surface area contributed by atoms with E-state index in [1.54, 1.807) is 6.20 Å². The summed E-state index contributed by atoms with van der Waals surface area (Å²) < 4.78 is 1.52. The SMILES string of the molecule is CCCc1cn2c(N)c(Cl)cc(C(=O)O)c2n1. The van der Waals surface area contributed by atoms with Crippen molar-refractivity contribution in [3.05, 3.63) is 28.5 Å². The van der Waals surface area contributed by atoms with Gasteiger partial charge in [0.15, 0.2) is 5.65 Å². The third-order valence-electron chi connectivity index (χ3n) is 2.51. The maximum atomic E-state index is 11.1. The Morgan fingerprint density at radius 2 is 2.35 bits per heavy atom. The zero-order valence-electron chi connectivity index (χ0n) is 9.27. The van der Waals surface area contributed by atoms with Crippen molar-refractivity contribution in [1.82, 2.24) is 9.38 Å². The Balaban J connectivity index is 2.75. The Kier molecular flexibility index (Phi) is 2.93. The molecule has 17 heavy (non-hydrogen) atoms. The lowest BCUT2D eigenvalue weighted by Crippen LogP contribution is -2.04. The first-order valence-corrected chi connectivity index (χ1v) is 5.61. The lowest BCUT2D eigenvalue weighted by Gasteiger charge is -2.04. The number of carboxylic acid groups (broad SMARTS) is 1. The van der Waals surface area contributed by atoms with Crippen LogP contribution in [0.5, 0.6) is 0 Å². The molecule has 0 radical (unpaired) electrons. The van der Waals surface area contributed by atoms with E-state index in [9.17, 15) is 4.79 Å². The van der Waals surface area contributed by atoms with Gasteiger partial charge in [-0.3, -0.25) is 4.40 Å². The van der Waals surface area contributed by atoms with Crippen LogP contribution < -0.4 is 5.73 Å². The smallest absolute Gasteiger partial charge is 0.339 e. The molecule has 0 aliphatic carbocycles. The number of nitrogens with zero attached hydrogens (tertiary/aromatic N) is 2. The van der Waals surface area contributed by atoms with Crippen molar-refractivity contribution in [2.75, 3.05) is 5.73 Å². The van der Waals surface area contributed by atoms with Crippen LogP contribution in [0.1, 0.15) is 29.4 Å². The molecular formula is C11H12ClN3O2. The highest BCUT2D eigenvalue weighted by Gasteiger charge is 2.16. The zero-order chi connectivity index (χ0) is 12.6. The average Bonchev–Trinajstić information content (AvgIpc) is 2.67. The number of halogens is 1. The fourth-order valence-electron chi connectivity index (χ4n) is 1.72. The van der Waals surface area contributed by atoms with Crippen LogP contribution in [0, 0.1) is 0 Å². The van der Waals surface area contributed by atoms with Crippen LogP contribution in [-0.2, 0) is 6.42 Å². The van der Waals surface area contributed by atoms with Crippen LogP contribution >= 0.6 is 11.6 Å². The molecule has 0 atom stereocenters. The molecule has 0 aliphatic rings. The summed E-state index contributed by atoms with van der Waals surface area (Å²) in [5, 5.41) is 9.30. The van der Waals surface area contributed by atoms with Gasteiger partial charge in [0.25, 0.3) is 0 Å². The van der Waals surface area contributed by atoms with Gasteiger partial charge in [0, 0.05) is 6.20 Å². The van der Waals surface area contributed by atoms with E-state index in [4.69, 9.17) is 22.4 Å². The van der Waals surface area contributed by atoms with Gasteiger partial charge in [-0.2, -0.15) is 0 Å². The maximum absolute atomic E-state index is 11.1. The molecule has 0 bridgehead atoms. The monoisotopic (exact) mass is 253 g/mol. The van der Waals surface area contributed by atoms with Crippen LogP contribution in [0.15, 0.2) is 12.3 Å². The molecule has 0 saturated heterocycles. The number of nitrogens with two attached hydrogens (primary N) is 1. The summed E-state index contributed by atoms with van der Waals surface area (Å²) in [6.07, 6.45) is 3.43. The van der Waals surface area contributed by atoms with Gasteiger partial charge >= 0.3 is 5.97 Å². The second-order valence-corrected chi connectivity index (χ2v) is 4.18. The van der Waals surface area contributed by atoms with Crippen molar-refractivity contribution in [3.8, 4) is 0 Å². The molecule has 2 rings (SSSR count). The largest absolute Gasteiger partial charge is 0.478 e. The molecule has 2 aromatic heterocycles. The van der Waals surface area contributed by atoms with E-state index >= 15 is 0 Å². The number of aromatic nitrogens is 2. The molecular weight excluding hydrogens is 242 g/mol. The highest BCUT2D eigenvalue weighted by atomic mass is 35.5. The van der Waals surface area contributed by atoms with Crippen LogP contribution in [-0.4, -0.2) is 20.5 Å². The Bertz CT molecular complexity index is 592. The first-order chi connectivity index (χ1) is 8.04. The molecule has 0 aromatic carbocycles. The predicted molar refractivity (Wildman–Crippen MR) is 65.6 cm³/mol. The van der Waals surface area contributed by atoms with Gasteiger partial charge in [-0.15, -0.1) is 0 Å². The molecule has 6 heteroatoms. The van der Waals surface area contributed by atoms with E-state index in [1.807, 2.05) is 6.92 Å². The summed E-state index contributed by atoms with van der Waals surface area (Å²) in [6.45, 7) is 2.03. The molecule has 3 N–H and O–H groups in total. The molecule has 0 saturated carbocycles. The third kappa shape index (κ3) is 1.93. The second-order valence-electron chi connectivity index (χ2n) is 3.77. The minimum absolute atomic E-state index is 0.0616. The molecule has 0 aliphatic heterocycles. The summed E-state index contributed by atoms with van der Waals surface area (Å²) in [5.41, 5.74) is 7.00. The van der Waals surface area contributed by atoms with Gasteiger partial charge in [-0.1, -0.05) is 24.9 Å². The number of carbonyl (C=O) groups is 1. The number of anilines is 1. The van der Waals surface area contributed by atoms with Gasteiger partial charge in [0.1, 0.15) is 11.4 Å². The van der Waals surface area contributed by atoms with E-state index in [0.29, 0.717) is 11.5 Å². The standard InChI is InChI=1S/C11H12ClN3O2/c1-2-3-6-5-15-9(13)8(12)4-7(11(16)17)10(15)14-6/h4-5H,2-3,13H2,1H3,(H,16,17). The fourth-order valence-corrected chi connectivity index (χ4v) is 1.92. The number of pyridine rings is 1. The van der Waals surface area contributed by atoms with Gasteiger partial charge in [0.05, 0.1) is 10.7 Å². The fraction of sp³-hybridized carbons (Fsp3) is 0.273. The minimum Gasteiger partial charge on any atom is -0.478 e. The summed E-state index contributed by atoms with van der Waals surface area (Å²) in [4.78, 5) is 15.4. The summed E-state index contributed by atoms with van der Waals surface area (Å²) in [6, 6.07) is 1.33. The number of aromatic carboxylic acids is 1. The van der Waals surface area contributed by atoms with E-state index < -0.39 is 5.97 Å². The number of hydrogen-bond donors (Lipinski definition) is 2. The molecule has 0 fully saturated rings. The van der Waals surface area contributed by atoms with Crippen molar-refractivity contribution in [2.45, 2.75) is 19.8 Å². The van der Waals surface area contributed by atoms with Crippen molar-refractivity contribution < 1.29 is 9.90 Å². The summed E-state index contributed by atoms with van der Waals surface area (Å²) in [5.74, 6) is -0.757. The van der Waals surface area contributed by atoms with Crippen LogP contribution in [0.3, 0.4) is 0 Å². The average molecular weight is 254 g/mol. The van der Waals surface area contributed by atoms with E-state index in [-0.39, 0.29) is 10.6 Å². The number of rotatable bonds is 3. The molecule has 0 amide bonds. The molecule has 0 unspecified atom stereocenters. The zero-order valence-corrected chi connectivity index (χ0v) is 10.0. The van der Waals surface area contributed by atoms with Crippen LogP contribution in [0.25, 0.3) is 5.65 Å². The number of carboxylic acids is 1. The number of nitrogen functional groups attached to an aromatic ring is 1. The van der Waals surface area contributed by atoms with Crippen molar-refractivity contribution in [2.24, 2.45) is 0 Å². The second kappa shape index (κ2) is 4.25. The molecule has 90 valence electrons. The van der Waals surface area contributed by atoms with Crippen molar-refractivity contribution in [3.63, 3.8) is 0 Å². The van der Waals surface area contributed by atoms with Crippen molar-refractivity contribution in [1.29, 1.82) is 0 Å². The number of imidazole rings is 1. The lowest BCUT2D eigenvalue weighted by atomic mass is 10.2. The quantitative estimate of drug-likeness (QED) is 0.879.